The average Bonchev–Trinajstić information content (AvgIpc) is 2.58. The van der Waals surface area contributed by atoms with Crippen molar-refractivity contribution < 1.29 is 19.3 Å². The summed E-state index contributed by atoms with van der Waals surface area (Å²) < 4.78 is 5.18. The molecule has 118 valence electrons. The van der Waals surface area contributed by atoms with E-state index in [1.54, 1.807) is 24.3 Å². The Morgan fingerprint density at radius 2 is 1.91 bits per heavy atom. The van der Waals surface area contributed by atoms with Gasteiger partial charge in [-0.2, -0.15) is 0 Å². The number of nitrogens with two attached hydrogens (primary N) is 1. The van der Waals surface area contributed by atoms with Crippen LogP contribution in [0.2, 0.25) is 0 Å². The zero-order chi connectivity index (χ0) is 16.7. The third kappa shape index (κ3) is 4.81. The van der Waals surface area contributed by atoms with Gasteiger partial charge in [0.15, 0.2) is 12.4 Å². The highest BCUT2D eigenvalue weighted by Crippen LogP contribution is 2.13. The van der Waals surface area contributed by atoms with Gasteiger partial charge >= 0.3 is 5.97 Å². The Morgan fingerprint density at radius 1 is 1.17 bits per heavy atom. The lowest BCUT2D eigenvalue weighted by Gasteiger charge is -2.04. The van der Waals surface area contributed by atoms with Gasteiger partial charge in [0, 0.05) is 17.7 Å². The highest BCUT2D eigenvalue weighted by Gasteiger charge is 2.09. The van der Waals surface area contributed by atoms with E-state index in [-0.39, 0.29) is 23.7 Å². The van der Waals surface area contributed by atoms with Gasteiger partial charge in [-0.1, -0.05) is 35.5 Å². The van der Waals surface area contributed by atoms with Crippen LogP contribution in [0.25, 0.3) is 0 Å². The number of nitrogens with zero attached hydrogens (tertiary/aromatic N) is 2. The van der Waals surface area contributed by atoms with Crippen LogP contribution in [0.3, 0.4) is 0 Å². The fraction of sp³-hybridized carbons (Fsp3) is 0.0667. The van der Waals surface area contributed by atoms with E-state index in [1.165, 1.54) is 24.3 Å². The molecule has 8 heteroatoms. The monoisotopic (exact) mass is 315 g/mol. The van der Waals surface area contributed by atoms with Gasteiger partial charge in [0.1, 0.15) is 5.75 Å². The topological polar surface area (TPSA) is 117 Å². The van der Waals surface area contributed by atoms with Gasteiger partial charge in [0.05, 0.1) is 4.92 Å². The number of nitro benzene ring substituents is 1. The highest BCUT2D eigenvalue weighted by molar-refractivity contribution is 5.97. The van der Waals surface area contributed by atoms with E-state index in [9.17, 15) is 14.9 Å². The first-order valence-electron chi connectivity index (χ1n) is 6.52. The van der Waals surface area contributed by atoms with Crippen LogP contribution >= 0.6 is 0 Å². The number of nitro groups is 1. The number of ether oxygens (including phenoxy) is 1. The Balaban J connectivity index is 1.92. The minimum atomic E-state index is -0.748. The van der Waals surface area contributed by atoms with Crippen molar-refractivity contribution in [2.75, 3.05) is 6.61 Å². The minimum absolute atomic E-state index is 0.139. The summed E-state index contributed by atoms with van der Waals surface area (Å²) in [6.45, 7) is -0.338. The first kappa shape index (κ1) is 16.0. The average molecular weight is 315 g/mol. The normalized spacial score (nSPS) is 10.9. The maximum absolute atomic E-state index is 11.5. The molecule has 0 amide bonds. The molecule has 2 aromatic carbocycles. The number of amidine groups is 1. The molecule has 0 spiro atoms. The van der Waals surface area contributed by atoms with Crippen LogP contribution in [0.4, 0.5) is 5.69 Å². The van der Waals surface area contributed by atoms with Crippen molar-refractivity contribution in [3.63, 3.8) is 0 Å². The van der Waals surface area contributed by atoms with Crippen LogP contribution in [-0.2, 0) is 9.63 Å². The Morgan fingerprint density at radius 3 is 2.61 bits per heavy atom. The molecule has 2 N–H and O–H groups in total. The van der Waals surface area contributed by atoms with E-state index in [0.717, 1.165) is 0 Å². The second-order valence-electron chi connectivity index (χ2n) is 4.35. The second kappa shape index (κ2) is 7.55. The van der Waals surface area contributed by atoms with Crippen LogP contribution in [0.1, 0.15) is 5.56 Å². The third-order valence-corrected chi connectivity index (χ3v) is 2.70. The van der Waals surface area contributed by atoms with Crippen molar-refractivity contribution in [2.45, 2.75) is 0 Å². The SMILES string of the molecule is N/C(=N/OC(=O)COc1ccccc1)c1cccc([N+](=O)[O-])c1. The molecule has 2 rings (SSSR count). The molecule has 0 aliphatic rings. The van der Waals surface area contributed by atoms with Gasteiger partial charge in [-0.05, 0) is 12.1 Å². The lowest BCUT2D eigenvalue weighted by atomic mass is 10.2. The van der Waals surface area contributed by atoms with Gasteiger partial charge in [0.2, 0.25) is 0 Å². The molecule has 2 aromatic rings. The molecule has 0 saturated heterocycles. The number of rotatable bonds is 6. The smallest absolute Gasteiger partial charge is 0.372 e. The summed E-state index contributed by atoms with van der Waals surface area (Å²) in [6.07, 6.45) is 0. The van der Waals surface area contributed by atoms with Crippen molar-refractivity contribution in [1.29, 1.82) is 0 Å². The van der Waals surface area contributed by atoms with Gasteiger partial charge < -0.3 is 15.3 Å². The Kier molecular flexibility index (Phi) is 5.24. The number of para-hydroxylation sites is 1. The minimum Gasteiger partial charge on any atom is -0.482 e. The van der Waals surface area contributed by atoms with E-state index in [1.807, 2.05) is 6.07 Å². The molecule has 0 aliphatic carbocycles. The van der Waals surface area contributed by atoms with Crippen molar-refractivity contribution in [2.24, 2.45) is 10.9 Å². The van der Waals surface area contributed by atoms with Gasteiger partial charge in [-0.15, -0.1) is 0 Å². The molecular formula is C15H13N3O5. The molecule has 0 unspecified atom stereocenters. The molecule has 23 heavy (non-hydrogen) atoms. The number of hydrogen-bond acceptors (Lipinski definition) is 6. The third-order valence-electron chi connectivity index (χ3n) is 2.70. The van der Waals surface area contributed by atoms with E-state index < -0.39 is 10.9 Å². The molecular weight excluding hydrogens is 302 g/mol. The van der Waals surface area contributed by atoms with E-state index in [4.69, 9.17) is 10.5 Å². The largest absolute Gasteiger partial charge is 0.482 e. The molecule has 0 atom stereocenters. The molecule has 0 saturated carbocycles. The lowest BCUT2D eigenvalue weighted by molar-refractivity contribution is -0.384. The van der Waals surface area contributed by atoms with Crippen LogP contribution < -0.4 is 10.5 Å². The van der Waals surface area contributed by atoms with Crippen molar-refractivity contribution >= 4 is 17.5 Å². The Bertz CT molecular complexity index is 731. The van der Waals surface area contributed by atoms with Crippen LogP contribution in [0, 0.1) is 10.1 Å². The first-order chi connectivity index (χ1) is 11.1. The summed E-state index contributed by atoms with van der Waals surface area (Å²) in [5.41, 5.74) is 5.76. The van der Waals surface area contributed by atoms with Crippen LogP contribution in [0.15, 0.2) is 59.8 Å². The maximum Gasteiger partial charge on any atom is 0.372 e. The Hall–Kier alpha value is -3.42. The van der Waals surface area contributed by atoms with Gasteiger partial charge in [-0.3, -0.25) is 10.1 Å². The number of benzene rings is 2. The molecule has 0 bridgehead atoms. The number of hydrogen-bond donors (Lipinski definition) is 1. The standard InChI is InChI=1S/C15H13N3O5/c16-15(11-5-4-6-12(9-11)18(20)21)17-23-14(19)10-22-13-7-2-1-3-8-13/h1-9H,10H2,(H2,16,17). The number of carbonyl (C=O) groups is 1. The zero-order valence-electron chi connectivity index (χ0n) is 11.9. The quantitative estimate of drug-likeness (QED) is 0.286. The number of oxime groups is 1. The van der Waals surface area contributed by atoms with E-state index in [0.29, 0.717) is 5.75 Å². The summed E-state index contributed by atoms with van der Waals surface area (Å²) in [4.78, 5) is 26.2. The lowest BCUT2D eigenvalue weighted by Crippen LogP contribution is -2.18. The van der Waals surface area contributed by atoms with Crippen LogP contribution in [-0.4, -0.2) is 23.3 Å². The zero-order valence-corrected chi connectivity index (χ0v) is 11.9. The molecule has 0 aliphatic heterocycles. The summed E-state index contributed by atoms with van der Waals surface area (Å²) in [7, 11) is 0. The second-order valence-corrected chi connectivity index (χ2v) is 4.35. The fourth-order valence-electron chi connectivity index (χ4n) is 1.62. The number of non-ortho nitro benzene ring substituents is 1. The predicted octanol–water partition coefficient (Wildman–Crippen LogP) is 1.84. The number of carbonyl (C=O) groups excluding carboxylic acids is 1. The first-order valence-corrected chi connectivity index (χ1v) is 6.52. The van der Waals surface area contributed by atoms with Crippen molar-refractivity contribution in [3.8, 4) is 5.75 Å². The van der Waals surface area contributed by atoms with E-state index in [2.05, 4.69) is 9.99 Å². The summed E-state index contributed by atoms with van der Waals surface area (Å²) in [5.74, 6) is -0.385. The van der Waals surface area contributed by atoms with Gasteiger partial charge in [0.25, 0.3) is 5.69 Å². The van der Waals surface area contributed by atoms with Gasteiger partial charge in [-0.25, -0.2) is 4.79 Å². The molecule has 0 radical (unpaired) electrons. The van der Waals surface area contributed by atoms with E-state index >= 15 is 0 Å². The van der Waals surface area contributed by atoms with Crippen LogP contribution in [0.5, 0.6) is 5.75 Å². The molecule has 0 aromatic heterocycles. The van der Waals surface area contributed by atoms with Crippen molar-refractivity contribution in [3.05, 3.63) is 70.3 Å². The summed E-state index contributed by atoms with van der Waals surface area (Å²) >= 11 is 0. The predicted molar refractivity (Wildman–Crippen MR) is 81.8 cm³/mol. The Labute approximate surface area is 131 Å². The fourth-order valence-corrected chi connectivity index (χ4v) is 1.62. The highest BCUT2D eigenvalue weighted by atomic mass is 16.7. The summed E-state index contributed by atoms with van der Waals surface area (Å²) in [6, 6.07) is 14.2. The molecule has 0 fully saturated rings. The summed E-state index contributed by atoms with van der Waals surface area (Å²) in [5, 5.41) is 14.1. The maximum atomic E-state index is 11.5. The van der Waals surface area contributed by atoms with Crippen molar-refractivity contribution in [1.82, 2.24) is 0 Å². The molecule has 8 nitrogen and oxygen atoms in total. The molecule has 0 heterocycles.